The summed E-state index contributed by atoms with van der Waals surface area (Å²) in [5.74, 6) is 1.46. The van der Waals surface area contributed by atoms with Crippen molar-refractivity contribution in [1.82, 2.24) is 30.0 Å². The highest BCUT2D eigenvalue weighted by Gasteiger charge is 2.32. The lowest BCUT2D eigenvalue weighted by Gasteiger charge is -2.37. The Morgan fingerprint density at radius 1 is 1.09 bits per heavy atom. The minimum Gasteiger partial charge on any atom is -0.339 e. The molecule has 3 aromatic rings. The Kier molecular flexibility index (Phi) is 3.32. The van der Waals surface area contributed by atoms with Crippen LogP contribution in [0.2, 0.25) is 0 Å². The van der Waals surface area contributed by atoms with E-state index in [2.05, 4.69) is 30.0 Å². The van der Waals surface area contributed by atoms with E-state index in [9.17, 15) is 0 Å². The van der Waals surface area contributed by atoms with Gasteiger partial charge in [-0.15, -0.1) is 0 Å². The third kappa shape index (κ3) is 2.58. The molecule has 1 fully saturated rings. The van der Waals surface area contributed by atoms with E-state index in [1.54, 1.807) is 18.6 Å². The molecule has 4 heterocycles. The fourth-order valence-corrected chi connectivity index (χ4v) is 2.52. The minimum atomic E-state index is 0.291. The number of likely N-dealkylation sites (tertiary alicyclic amines) is 1. The summed E-state index contributed by atoms with van der Waals surface area (Å²) in [6.07, 6.45) is 8.50. The van der Waals surface area contributed by atoms with E-state index in [0.717, 1.165) is 19.6 Å². The summed E-state index contributed by atoms with van der Waals surface area (Å²) in [6.45, 7) is 2.76. The van der Waals surface area contributed by atoms with E-state index in [4.69, 9.17) is 4.52 Å². The number of nitrogens with zero attached hydrogens (tertiary/aromatic N) is 6. The van der Waals surface area contributed by atoms with Crippen molar-refractivity contribution < 1.29 is 4.52 Å². The molecule has 3 aromatic heterocycles. The molecule has 1 saturated heterocycles. The normalized spacial score (nSPS) is 15.6. The first-order chi connectivity index (χ1) is 10.9. The van der Waals surface area contributed by atoms with Crippen LogP contribution in [-0.2, 0) is 6.54 Å². The zero-order valence-electron chi connectivity index (χ0n) is 11.8. The van der Waals surface area contributed by atoms with Crippen molar-refractivity contribution in [1.29, 1.82) is 0 Å². The fraction of sp³-hybridized carbons (Fsp3) is 0.267. The summed E-state index contributed by atoms with van der Waals surface area (Å²) in [6, 6.07) is 4.07. The van der Waals surface area contributed by atoms with Crippen LogP contribution in [0, 0.1) is 0 Å². The summed E-state index contributed by atoms with van der Waals surface area (Å²) in [7, 11) is 0. The standard InChI is InChI=1S/C15H14N6O/c1-3-16-4-2-11(1)8-21-9-12(10-21)15-19-14(20-22-15)13-7-17-5-6-18-13/h1-7,12H,8-10H2. The Bertz CT molecular complexity index is 739. The summed E-state index contributed by atoms with van der Waals surface area (Å²) in [5.41, 5.74) is 1.89. The van der Waals surface area contributed by atoms with Crippen molar-refractivity contribution in [2.75, 3.05) is 13.1 Å². The zero-order valence-corrected chi connectivity index (χ0v) is 11.8. The highest BCUT2D eigenvalue weighted by atomic mass is 16.5. The molecule has 1 aliphatic rings. The quantitative estimate of drug-likeness (QED) is 0.721. The van der Waals surface area contributed by atoms with Crippen molar-refractivity contribution in [2.24, 2.45) is 0 Å². The molecule has 0 amide bonds. The highest BCUT2D eigenvalue weighted by molar-refractivity contribution is 5.45. The van der Waals surface area contributed by atoms with E-state index in [1.807, 2.05) is 24.5 Å². The van der Waals surface area contributed by atoms with Gasteiger partial charge in [-0.05, 0) is 17.7 Å². The maximum atomic E-state index is 5.36. The number of hydrogen-bond donors (Lipinski definition) is 0. The van der Waals surface area contributed by atoms with Crippen LogP contribution in [0.25, 0.3) is 11.5 Å². The van der Waals surface area contributed by atoms with Crippen LogP contribution in [0.5, 0.6) is 0 Å². The fourth-order valence-electron chi connectivity index (χ4n) is 2.52. The van der Waals surface area contributed by atoms with Crippen LogP contribution in [-0.4, -0.2) is 43.1 Å². The Balaban J connectivity index is 1.38. The smallest absolute Gasteiger partial charge is 0.232 e. The summed E-state index contributed by atoms with van der Waals surface area (Å²) >= 11 is 0. The lowest BCUT2D eigenvalue weighted by Crippen LogP contribution is -2.44. The summed E-state index contributed by atoms with van der Waals surface area (Å²) < 4.78 is 5.36. The van der Waals surface area contributed by atoms with Crippen molar-refractivity contribution in [3.63, 3.8) is 0 Å². The van der Waals surface area contributed by atoms with Crippen molar-refractivity contribution in [2.45, 2.75) is 12.5 Å². The maximum absolute atomic E-state index is 5.36. The lowest BCUT2D eigenvalue weighted by molar-refractivity contribution is 0.117. The van der Waals surface area contributed by atoms with Crippen LogP contribution in [0.3, 0.4) is 0 Å². The first kappa shape index (κ1) is 13.0. The zero-order chi connectivity index (χ0) is 14.8. The molecular formula is C15H14N6O. The van der Waals surface area contributed by atoms with Gasteiger partial charge in [-0.3, -0.25) is 14.9 Å². The van der Waals surface area contributed by atoms with Gasteiger partial charge < -0.3 is 4.52 Å². The van der Waals surface area contributed by atoms with Gasteiger partial charge in [0, 0.05) is 44.4 Å². The van der Waals surface area contributed by atoms with Crippen LogP contribution in [0.1, 0.15) is 17.4 Å². The monoisotopic (exact) mass is 294 g/mol. The average molecular weight is 294 g/mol. The number of pyridine rings is 1. The second-order valence-corrected chi connectivity index (χ2v) is 5.29. The van der Waals surface area contributed by atoms with Gasteiger partial charge in [-0.1, -0.05) is 5.16 Å². The molecule has 0 aliphatic carbocycles. The molecule has 0 unspecified atom stereocenters. The number of aromatic nitrogens is 5. The third-order valence-corrected chi connectivity index (χ3v) is 3.70. The molecule has 4 rings (SSSR count). The van der Waals surface area contributed by atoms with E-state index < -0.39 is 0 Å². The second-order valence-electron chi connectivity index (χ2n) is 5.29. The van der Waals surface area contributed by atoms with Crippen molar-refractivity contribution in [3.05, 3.63) is 54.6 Å². The second kappa shape index (κ2) is 5.61. The average Bonchev–Trinajstić information content (AvgIpc) is 3.02. The van der Waals surface area contributed by atoms with Gasteiger partial charge in [0.1, 0.15) is 5.69 Å². The SMILES string of the molecule is c1cc(CN2CC(c3nc(-c4cnccn4)no3)C2)ccn1. The largest absolute Gasteiger partial charge is 0.339 e. The molecule has 0 spiro atoms. The molecule has 7 nitrogen and oxygen atoms in total. The summed E-state index contributed by atoms with van der Waals surface area (Å²) in [5, 5.41) is 3.98. The molecule has 1 aliphatic heterocycles. The van der Waals surface area contributed by atoms with Crippen LogP contribution < -0.4 is 0 Å². The molecule has 0 bridgehead atoms. The van der Waals surface area contributed by atoms with Gasteiger partial charge in [-0.2, -0.15) is 4.98 Å². The van der Waals surface area contributed by atoms with Crippen molar-refractivity contribution in [3.8, 4) is 11.5 Å². The van der Waals surface area contributed by atoms with E-state index in [-0.39, 0.29) is 0 Å². The van der Waals surface area contributed by atoms with Gasteiger partial charge in [0.05, 0.1) is 12.1 Å². The Hall–Kier alpha value is -2.67. The molecule has 22 heavy (non-hydrogen) atoms. The molecular weight excluding hydrogens is 280 g/mol. The Labute approximate surface area is 127 Å². The topological polar surface area (TPSA) is 80.8 Å². The molecule has 0 radical (unpaired) electrons. The minimum absolute atomic E-state index is 0.291. The van der Waals surface area contributed by atoms with Crippen molar-refractivity contribution >= 4 is 0 Å². The van der Waals surface area contributed by atoms with Crippen LogP contribution in [0.4, 0.5) is 0 Å². The van der Waals surface area contributed by atoms with Gasteiger partial charge in [-0.25, -0.2) is 4.98 Å². The highest BCUT2D eigenvalue weighted by Crippen LogP contribution is 2.28. The van der Waals surface area contributed by atoms with E-state index in [1.165, 1.54) is 5.56 Å². The molecule has 0 saturated carbocycles. The predicted molar refractivity (Wildman–Crippen MR) is 77.6 cm³/mol. The maximum Gasteiger partial charge on any atom is 0.232 e. The third-order valence-electron chi connectivity index (χ3n) is 3.70. The van der Waals surface area contributed by atoms with Gasteiger partial charge in [0.25, 0.3) is 0 Å². The van der Waals surface area contributed by atoms with Crippen LogP contribution >= 0.6 is 0 Å². The first-order valence-electron chi connectivity index (χ1n) is 7.10. The summed E-state index contributed by atoms with van der Waals surface area (Å²) in [4.78, 5) is 19.0. The molecule has 0 atom stereocenters. The Morgan fingerprint density at radius 3 is 2.73 bits per heavy atom. The molecule has 0 aromatic carbocycles. The Morgan fingerprint density at radius 2 is 1.95 bits per heavy atom. The van der Waals surface area contributed by atoms with Crippen LogP contribution in [0.15, 0.2) is 47.6 Å². The molecule has 110 valence electrons. The van der Waals surface area contributed by atoms with E-state index in [0.29, 0.717) is 23.3 Å². The van der Waals surface area contributed by atoms with Gasteiger partial charge in [0.15, 0.2) is 0 Å². The molecule has 7 heteroatoms. The van der Waals surface area contributed by atoms with Gasteiger partial charge >= 0.3 is 0 Å². The first-order valence-corrected chi connectivity index (χ1v) is 7.10. The van der Waals surface area contributed by atoms with E-state index >= 15 is 0 Å². The predicted octanol–water partition coefficient (Wildman–Crippen LogP) is 1.52. The lowest BCUT2D eigenvalue weighted by atomic mass is 9.99. The number of hydrogen-bond acceptors (Lipinski definition) is 7. The molecule has 0 N–H and O–H groups in total. The number of rotatable bonds is 4. The van der Waals surface area contributed by atoms with Gasteiger partial charge in [0.2, 0.25) is 11.7 Å².